The molecule has 1 aromatic heterocycles. The topological polar surface area (TPSA) is 93.4 Å². The molecule has 0 aliphatic carbocycles. The lowest BCUT2D eigenvalue weighted by atomic mass is 10.1. The molecular formula is C27H27N5O2. The number of rotatable bonds is 9. The molecular weight excluding hydrogens is 426 g/mol. The van der Waals surface area contributed by atoms with Crippen LogP contribution in [0.25, 0.3) is 0 Å². The number of nitrogens with one attached hydrogen (secondary N) is 1. The molecule has 0 bridgehead atoms. The fourth-order valence-corrected chi connectivity index (χ4v) is 3.66. The molecule has 3 N–H and O–H groups in total. The predicted molar refractivity (Wildman–Crippen MR) is 135 cm³/mol. The minimum atomic E-state index is -0.409. The van der Waals surface area contributed by atoms with Gasteiger partial charge in [0.05, 0.1) is 17.9 Å². The molecule has 0 fully saturated rings. The molecule has 1 heterocycles. The van der Waals surface area contributed by atoms with E-state index in [-0.39, 0.29) is 0 Å². The van der Waals surface area contributed by atoms with Gasteiger partial charge in [-0.25, -0.2) is 14.8 Å². The van der Waals surface area contributed by atoms with E-state index in [1.165, 1.54) is 6.33 Å². The summed E-state index contributed by atoms with van der Waals surface area (Å²) in [6, 6.07) is 27.4. The van der Waals surface area contributed by atoms with Crippen LogP contribution in [0, 0.1) is 0 Å². The monoisotopic (exact) mass is 453 g/mol. The minimum absolute atomic E-state index is 0.293. The van der Waals surface area contributed by atoms with Crippen LogP contribution < -0.4 is 16.0 Å². The molecule has 0 radical (unpaired) electrons. The molecule has 172 valence electrons. The number of nitrogen functional groups attached to an aromatic ring is 1. The van der Waals surface area contributed by atoms with Crippen molar-refractivity contribution in [2.24, 2.45) is 0 Å². The number of carbonyl (C=O) groups excluding carboxylic acids is 1. The van der Waals surface area contributed by atoms with Crippen molar-refractivity contribution in [1.82, 2.24) is 9.97 Å². The molecule has 0 spiro atoms. The average Bonchev–Trinajstić information content (AvgIpc) is 2.87. The van der Waals surface area contributed by atoms with Gasteiger partial charge < -0.3 is 20.7 Å². The maximum absolute atomic E-state index is 12.4. The van der Waals surface area contributed by atoms with E-state index >= 15 is 0 Å². The van der Waals surface area contributed by atoms with E-state index in [0.717, 1.165) is 11.1 Å². The van der Waals surface area contributed by atoms with Crippen LogP contribution in [-0.4, -0.2) is 22.5 Å². The number of aromatic nitrogens is 2. The Morgan fingerprint density at radius 2 is 1.47 bits per heavy atom. The molecule has 0 aliphatic heterocycles. The van der Waals surface area contributed by atoms with Crippen molar-refractivity contribution < 1.29 is 9.53 Å². The second-order valence-corrected chi connectivity index (χ2v) is 7.68. The molecule has 3 aromatic carbocycles. The fourth-order valence-electron chi connectivity index (χ4n) is 3.66. The van der Waals surface area contributed by atoms with E-state index in [4.69, 9.17) is 10.5 Å². The van der Waals surface area contributed by atoms with Crippen LogP contribution in [0.4, 0.5) is 23.0 Å². The number of nitrogens with zero attached hydrogens (tertiary/aromatic N) is 3. The molecule has 7 heteroatoms. The van der Waals surface area contributed by atoms with Gasteiger partial charge in [-0.3, -0.25) is 0 Å². The smallest absolute Gasteiger partial charge is 0.340 e. The van der Waals surface area contributed by atoms with Crippen LogP contribution in [0.15, 0.2) is 91.3 Å². The highest BCUT2D eigenvalue weighted by Gasteiger charge is 2.18. The molecule has 0 atom stereocenters. The number of para-hydroxylation sites is 1. The highest BCUT2D eigenvalue weighted by Crippen LogP contribution is 2.31. The van der Waals surface area contributed by atoms with Gasteiger partial charge in [0.25, 0.3) is 0 Å². The molecule has 34 heavy (non-hydrogen) atoms. The van der Waals surface area contributed by atoms with Crippen LogP contribution in [0.5, 0.6) is 0 Å². The SMILES string of the molecule is CCOC(=O)c1ccccc1Nc1ncnc(N(Cc2ccccc2)Cc2ccccc2)c1N. The zero-order chi connectivity index (χ0) is 23.8. The Labute approximate surface area is 199 Å². The van der Waals surface area contributed by atoms with Crippen LogP contribution >= 0.6 is 0 Å². The summed E-state index contributed by atoms with van der Waals surface area (Å²) in [5, 5.41) is 3.20. The maximum Gasteiger partial charge on any atom is 0.340 e. The van der Waals surface area contributed by atoms with Crippen molar-refractivity contribution in [2.75, 3.05) is 22.6 Å². The van der Waals surface area contributed by atoms with Gasteiger partial charge >= 0.3 is 5.97 Å². The normalized spacial score (nSPS) is 10.5. The van der Waals surface area contributed by atoms with E-state index in [0.29, 0.717) is 48.3 Å². The first-order chi connectivity index (χ1) is 16.7. The third kappa shape index (κ3) is 5.50. The summed E-state index contributed by atoms with van der Waals surface area (Å²) in [4.78, 5) is 23.4. The number of nitrogens with two attached hydrogens (primary N) is 1. The van der Waals surface area contributed by atoms with Gasteiger partial charge in [-0.2, -0.15) is 0 Å². The molecule has 0 unspecified atom stereocenters. The third-order valence-electron chi connectivity index (χ3n) is 5.27. The van der Waals surface area contributed by atoms with Crippen molar-refractivity contribution in [3.63, 3.8) is 0 Å². The number of carbonyl (C=O) groups is 1. The summed E-state index contributed by atoms with van der Waals surface area (Å²) >= 11 is 0. The van der Waals surface area contributed by atoms with Crippen LogP contribution in [-0.2, 0) is 17.8 Å². The predicted octanol–water partition coefficient (Wildman–Crippen LogP) is 5.19. The first-order valence-electron chi connectivity index (χ1n) is 11.1. The number of hydrogen-bond donors (Lipinski definition) is 2. The summed E-state index contributed by atoms with van der Waals surface area (Å²) in [6.07, 6.45) is 1.48. The molecule has 0 aliphatic rings. The average molecular weight is 454 g/mol. The van der Waals surface area contributed by atoms with Gasteiger partial charge in [0.1, 0.15) is 12.0 Å². The highest BCUT2D eigenvalue weighted by molar-refractivity contribution is 5.97. The van der Waals surface area contributed by atoms with Crippen LogP contribution in [0.3, 0.4) is 0 Å². The van der Waals surface area contributed by atoms with Gasteiger partial charge in [0, 0.05) is 13.1 Å². The Hall–Kier alpha value is -4.39. The van der Waals surface area contributed by atoms with Crippen LogP contribution in [0.2, 0.25) is 0 Å². The van der Waals surface area contributed by atoms with Gasteiger partial charge in [0.2, 0.25) is 0 Å². The summed E-state index contributed by atoms with van der Waals surface area (Å²) in [5.41, 5.74) is 10.2. The lowest BCUT2D eigenvalue weighted by Gasteiger charge is -2.26. The van der Waals surface area contributed by atoms with E-state index in [1.54, 1.807) is 25.1 Å². The maximum atomic E-state index is 12.4. The van der Waals surface area contributed by atoms with Crippen molar-refractivity contribution in [1.29, 1.82) is 0 Å². The largest absolute Gasteiger partial charge is 0.462 e. The Balaban J connectivity index is 1.67. The third-order valence-corrected chi connectivity index (χ3v) is 5.27. The van der Waals surface area contributed by atoms with Gasteiger partial charge in [0.15, 0.2) is 11.6 Å². The van der Waals surface area contributed by atoms with Gasteiger partial charge in [-0.15, -0.1) is 0 Å². The number of hydrogen-bond acceptors (Lipinski definition) is 7. The molecule has 0 saturated heterocycles. The Bertz CT molecular complexity index is 1190. The number of anilines is 4. The van der Waals surface area contributed by atoms with Crippen molar-refractivity contribution >= 4 is 29.0 Å². The quantitative estimate of drug-likeness (QED) is 0.337. The lowest BCUT2D eigenvalue weighted by molar-refractivity contribution is 0.0527. The van der Waals surface area contributed by atoms with Gasteiger partial charge in [-0.05, 0) is 30.2 Å². The van der Waals surface area contributed by atoms with E-state index in [2.05, 4.69) is 44.5 Å². The molecule has 0 saturated carbocycles. The first-order valence-corrected chi connectivity index (χ1v) is 11.1. The minimum Gasteiger partial charge on any atom is -0.462 e. The second-order valence-electron chi connectivity index (χ2n) is 7.68. The number of benzene rings is 3. The Kier molecular flexibility index (Phi) is 7.35. The van der Waals surface area contributed by atoms with Crippen molar-refractivity contribution in [3.05, 3.63) is 108 Å². The summed E-state index contributed by atoms with van der Waals surface area (Å²) in [7, 11) is 0. The summed E-state index contributed by atoms with van der Waals surface area (Å²) in [5.74, 6) is 0.625. The van der Waals surface area contributed by atoms with E-state index in [9.17, 15) is 4.79 Å². The van der Waals surface area contributed by atoms with Crippen LogP contribution in [0.1, 0.15) is 28.4 Å². The number of ether oxygens (including phenoxy) is 1. The van der Waals surface area contributed by atoms with E-state index in [1.807, 2.05) is 42.5 Å². The zero-order valence-electron chi connectivity index (χ0n) is 19.0. The first kappa shape index (κ1) is 22.8. The molecule has 4 rings (SSSR count). The van der Waals surface area contributed by atoms with Crippen molar-refractivity contribution in [2.45, 2.75) is 20.0 Å². The second kappa shape index (κ2) is 11.0. The summed E-state index contributed by atoms with van der Waals surface area (Å²) in [6.45, 7) is 3.31. The molecule has 4 aromatic rings. The van der Waals surface area contributed by atoms with Gasteiger partial charge in [-0.1, -0.05) is 72.8 Å². The number of esters is 1. The molecule has 0 amide bonds. The van der Waals surface area contributed by atoms with Crippen molar-refractivity contribution in [3.8, 4) is 0 Å². The summed E-state index contributed by atoms with van der Waals surface area (Å²) < 4.78 is 5.18. The lowest BCUT2D eigenvalue weighted by Crippen LogP contribution is -2.25. The zero-order valence-corrected chi connectivity index (χ0v) is 19.0. The molecule has 7 nitrogen and oxygen atoms in total. The van der Waals surface area contributed by atoms with E-state index < -0.39 is 5.97 Å². The Morgan fingerprint density at radius 1 is 0.882 bits per heavy atom. The fraction of sp³-hybridized carbons (Fsp3) is 0.148. The Morgan fingerprint density at radius 3 is 2.09 bits per heavy atom. The standard InChI is InChI=1S/C27H27N5O2/c1-2-34-27(33)22-15-9-10-16-23(22)31-25-24(28)26(30-19-29-25)32(17-20-11-5-3-6-12-20)18-21-13-7-4-8-14-21/h3-16,19H,2,17-18,28H2,1H3,(H,29,30,31). The highest BCUT2D eigenvalue weighted by atomic mass is 16.5.